The summed E-state index contributed by atoms with van der Waals surface area (Å²) in [5.74, 6) is -3.64. The molecule has 0 bridgehead atoms. The van der Waals surface area contributed by atoms with Crippen molar-refractivity contribution in [2.24, 2.45) is 0 Å². The molecule has 1 fully saturated rings. The maximum Gasteiger partial charge on any atom is 0.315 e. The van der Waals surface area contributed by atoms with Crippen LogP contribution in [0.25, 0.3) is 0 Å². The second-order valence-electron chi connectivity index (χ2n) is 9.51. The molecule has 194 valence electrons. The number of carbonyl (C=O) groups is 1. The Morgan fingerprint density at radius 1 is 1.11 bits per heavy atom. The number of hydrogen-bond acceptors (Lipinski definition) is 5. The van der Waals surface area contributed by atoms with Crippen molar-refractivity contribution in [1.82, 2.24) is 19.8 Å². The summed E-state index contributed by atoms with van der Waals surface area (Å²) in [5.41, 5.74) is 3.39. The maximum absolute atomic E-state index is 13.9. The van der Waals surface area contributed by atoms with E-state index in [0.29, 0.717) is 13.2 Å². The molecule has 1 aromatic carbocycles. The molecule has 1 atom stereocenters. The van der Waals surface area contributed by atoms with Crippen LogP contribution < -0.4 is 0 Å². The van der Waals surface area contributed by atoms with Crippen molar-refractivity contribution in [2.75, 3.05) is 20.1 Å². The predicted octanol–water partition coefficient (Wildman–Crippen LogP) is 4.59. The number of amides is 1. The van der Waals surface area contributed by atoms with E-state index >= 15 is 0 Å². The summed E-state index contributed by atoms with van der Waals surface area (Å²) in [7, 11) is 1.19. The Morgan fingerprint density at radius 3 is 2.57 bits per heavy atom. The van der Waals surface area contributed by atoms with Gasteiger partial charge in [0.05, 0.1) is 23.9 Å². The molecular weight excluding hydrogens is 488 g/mol. The lowest BCUT2D eigenvalue weighted by atomic mass is 9.84. The van der Waals surface area contributed by atoms with E-state index in [-0.39, 0.29) is 16.9 Å². The zero-order chi connectivity index (χ0) is 26.2. The lowest BCUT2D eigenvalue weighted by Gasteiger charge is -2.39. The third kappa shape index (κ3) is 4.95. The predicted molar refractivity (Wildman–Crippen MR) is 126 cm³/mol. The SMILES string of the molecule is CN(C(=O)C(F)F)C(c1ccc(F)c(F)c1)c1ccc(CN2CCC3(CC2)OCc2ccncc23)cn1. The van der Waals surface area contributed by atoms with Crippen molar-refractivity contribution in [3.63, 3.8) is 0 Å². The van der Waals surface area contributed by atoms with Crippen LogP contribution in [0.15, 0.2) is 55.0 Å². The standard InChI is InChI=1S/C27H26F4N4O2/c1-34(26(36)25(30)31)24(18-3-4-21(28)22(29)12-18)23-5-2-17(13-33-23)15-35-10-7-27(8-11-35)20-14-32-9-6-19(20)16-37-27/h2-6,9,12-14,24-25H,7-8,10-11,15-16H2,1H3. The summed E-state index contributed by atoms with van der Waals surface area (Å²) < 4.78 is 59.9. The molecule has 0 N–H and O–H groups in total. The maximum atomic E-state index is 13.9. The van der Waals surface area contributed by atoms with E-state index in [1.807, 2.05) is 18.3 Å². The molecule has 37 heavy (non-hydrogen) atoms. The van der Waals surface area contributed by atoms with Crippen LogP contribution >= 0.6 is 0 Å². The first kappa shape index (κ1) is 25.3. The van der Waals surface area contributed by atoms with E-state index in [2.05, 4.69) is 14.9 Å². The van der Waals surface area contributed by atoms with Crippen LogP contribution in [0.2, 0.25) is 0 Å². The van der Waals surface area contributed by atoms with Crippen molar-refractivity contribution in [3.8, 4) is 0 Å². The van der Waals surface area contributed by atoms with Gasteiger partial charge in [-0.15, -0.1) is 0 Å². The number of halogens is 4. The summed E-state index contributed by atoms with van der Waals surface area (Å²) >= 11 is 0. The minimum atomic E-state index is -3.24. The first-order chi connectivity index (χ1) is 17.8. The largest absolute Gasteiger partial charge is 0.365 e. The molecule has 1 unspecified atom stereocenters. The molecule has 2 aromatic heterocycles. The molecule has 0 aliphatic carbocycles. The van der Waals surface area contributed by atoms with Crippen molar-refractivity contribution in [1.29, 1.82) is 0 Å². The molecule has 5 rings (SSSR count). The summed E-state index contributed by atoms with van der Waals surface area (Å²) in [6.07, 6.45) is 3.75. The number of likely N-dealkylation sites (tertiary alicyclic amines) is 1. The van der Waals surface area contributed by atoms with Crippen LogP contribution in [0.4, 0.5) is 17.6 Å². The molecule has 4 heterocycles. The zero-order valence-corrected chi connectivity index (χ0v) is 20.2. The van der Waals surface area contributed by atoms with Gasteiger partial charge in [-0.05, 0) is 53.8 Å². The average molecular weight is 515 g/mol. The number of hydrogen-bond donors (Lipinski definition) is 0. The Kier molecular flexibility index (Phi) is 6.96. The van der Waals surface area contributed by atoms with Crippen LogP contribution in [0.1, 0.15) is 46.8 Å². The number of carbonyl (C=O) groups excluding carboxylic acids is 1. The Hall–Kier alpha value is -3.37. The first-order valence-corrected chi connectivity index (χ1v) is 12.0. The fourth-order valence-electron chi connectivity index (χ4n) is 5.24. The summed E-state index contributed by atoms with van der Waals surface area (Å²) in [6, 6.07) is 7.40. The number of fused-ring (bicyclic) bond motifs is 2. The van der Waals surface area contributed by atoms with E-state index in [1.54, 1.807) is 18.5 Å². The molecule has 10 heteroatoms. The number of nitrogens with zero attached hydrogens (tertiary/aromatic N) is 4. The molecule has 1 saturated heterocycles. The van der Waals surface area contributed by atoms with Crippen molar-refractivity contribution >= 4 is 5.91 Å². The Morgan fingerprint density at radius 2 is 1.89 bits per heavy atom. The van der Waals surface area contributed by atoms with Gasteiger partial charge in [-0.3, -0.25) is 19.7 Å². The van der Waals surface area contributed by atoms with Crippen LogP contribution in [-0.4, -0.2) is 52.2 Å². The minimum Gasteiger partial charge on any atom is -0.365 e. The minimum absolute atomic E-state index is 0.142. The third-order valence-corrected chi connectivity index (χ3v) is 7.28. The molecule has 1 amide bonds. The Balaban J connectivity index is 1.30. The second-order valence-corrected chi connectivity index (χ2v) is 9.51. The van der Waals surface area contributed by atoms with E-state index in [9.17, 15) is 22.4 Å². The van der Waals surface area contributed by atoms with Crippen LogP contribution in [0.5, 0.6) is 0 Å². The Bertz CT molecular complexity index is 1280. The van der Waals surface area contributed by atoms with E-state index in [4.69, 9.17) is 4.74 Å². The van der Waals surface area contributed by atoms with Crippen LogP contribution in [0, 0.1) is 11.6 Å². The van der Waals surface area contributed by atoms with Gasteiger partial charge in [-0.1, -0.05) is 12.1 Å². The zero-order valence-electron chi connectivity index (χ0n) is 20.2. The normalized spacial score (nSPS) is 17.7. The molecule has 0 radical (unpaired) electrons. The van der Waals surface area contributed by atoms with Crippen molar-refractivity contribution in [2.45, 2.75) is 44.1 Å². The van der Waals surface area contributed by atoms with E-state index < -0.39 is 30.0 Å². The van der Waals surface area contributed by atoms with Gasteiger partial charge in [-0.25, -0.2) is 8.78 Å². The molecule has 0 saturated carbocycles. The monoisotopic (exact) mass is 514 g/mol. The fourth-order valence-corrected chi connectivity index (χ4v) is 5.24. The first-order valence-electron chi connectivity index (χ1n) is 12.0. The van der Waals surface area contributed by atoms with Gasteiger partial charge in [0.15, 0.2) is 11.6 Å². The van der Waals surface area contributed by atoms with Gasteiger partial charge in [-0.2, -0.15) is 8.78 Å². The highest BCUT2D eigenvalue weighted by molar-refractivity contribution is 5.80. The molecular formula is C27H26F4N4O2. The summed E-state index contributed by atoms with van der Waals surface area (Å²) in [4.78, 5) is 23.8. The number of alkyl halides is 2. The summed E-state index contributed by atoms with van der Waals surface area (Å²) in [6.45, 7) is 2.87. The molecule has 6 nitrogen and oxygen atoms in total. The van der Waals surface area contributed by atoms with Gasteiger partial charge in [0.25, 0.3) is 5.91 Å². The number of benzene rings is 1. The Labute approximate surface area is 211 Å². The smallest absolute Gasteiger partial charge is 0.315 e. The number of ether oxygens (including phenoxy) is 1. The highest BCUT2D eigenvalue weighted by Gasteiger charge is 2.42. The lowest BCUT2D eigenvalue weighted by Crippen LogP contribution is -2.42. The third-order valence-electron chi connectivity index (χ3n) is 7.28. The van der Waals surface area contributed by atoms with E-state index in [1.165, 1.54) is 24.2 Å². The van der Waals surface area contributed by atoms with Gasteiger partial charge in [0, 0.05) is 50.8 Å². The number of rotatable bonds is 6. The lowest BCUT2D eigenvalue weighted by molar-refractivity contribution is -0.143. The highest BCUT2D eigenvalue weighted by Crippen LogP contribution is 2.43. The van der Waals surface area contributed by atoms with Crippen molar-refractivity contribution < 1.29 is 27.1 Å². The molecule has 1 spiro atoms. The quantitative estimate of drug-likeness (QED) is 0.451. The number of pyridine rings is 2. The molecule has 2 aliphatic rings. The van der Waals surface area contributed by atoms with E-state index in [0.717, 1.165) is 48.5 Å². The average Bonchev–Trinajstić information content (AvgIpc) is 3.26. The highest BCUT2D eigenvalue weighted by atomic mass is 19.3. The van der Waals surface area contributed by atoms with Gasteiger partial charge in [0.2, 0.25) is 0 Å². The topological polar surface area (TPSA) is 58.6 Å². The number of aromatic nitrogens is 2. The molecule has 2 aliphatic heterocycles. The van der Waals surface area contributed by atoms with Gasteiger partial charge in [0.1, 0.15) is 0 Å². The van der Waals surface area contributed by atoms with Gasteiger partial charge >= 0.3 is 6.43 Å². The molecule has 3 aromatic rings. The van der Waals surface area contributed by atoms with Crippen LogP contribution in [0.3, 0.4) is 0 Å². The van der Waals surface area contributed by atoms with Crippen LogP contribution in [-0.2, 0) is 28.3 Å². The summed E-state index contributed by atoms with van der Waals surface area (Å²) in [5, 5.41) is 0. The second kappa shape index (κ2) is 10.2. The van der Waals surface area contributed by atoms with Gasteiger partial charge < -0.3 is 9.64 Å². The fraction of sp³-hybridized carbons (Fsp3) is 0.370. The van der Waals surface area contributed by atoms with Crippen molar-refractivity contribution in [3.05, 3.63) is 94.6 Å². The number of piperidine rings is 1.